The van der Waals surface area contributed by atoms with Crippen LogP contribution in [0.1, 0.15) is 0 Å². The van der Waals surface area contributed by atoms with E-state index in [4.69, 9.17) is 9.47 Å². The maximum Gasteiger partial charge on any atom is 0.416 e. The van der Waals surface area contributed by atoms with E-state index in [9.17, 15) is 4.79 Å². The van der Waals surface area contributed by atoms with Crippen LogP contribution in [0, 0.1) is 0 Å². The predicted octanol–water partition coefficient (Wildman–Crippen LogP) is 3.31. The molecule has 0 radical (unpaired) electrons. The Bertz CT molecular complexity index is 395. The smallest absolute Gasteiger partial charge is 0.381 e. The molecule has 0 atom stereocenters. The summed E-state index contributed by atoms with van der Waals surface area (Å²) >= 11 is 4.43. The largest absolute Gasteiger partial charge is 0.416 e. The average molecular weight is 353 g/mol. The van der Waals surface area contributed by atoms with Crippen LogP contribution in [0.15, 0.2) is 9.98 Å². The Morgan fingerprint density at radius 1 is 1.56 bits per heavy atom. The van der Waals surface area contributed by atoms with Crippen LogP contribution in [0.25, 0.3) is 0 Å². The number of hydrogen-bond donors (Lipinski definition) is 1. The van der Waals surface area contributed by atoms with Gasteiger partial charge in [0.25, 0.3) is 5.19 Å². The summed E-state index contributed by atoms with van der Waals surface area (Å²) in [5, 5.41) is 4.56. The van der Waals surface area contributed by atoms with Gasteiger partial charge >= 0.3 is 6.09 Å². The van der Waals surface area contributed by atoms with E-state index in [0.717, 1.165) is 6.04 Å². The molecule has 5 nitrogen and oxygen atoms in total. The van der Waals surface area contributed by atoms with E-state index < -0.39 is 14.2 Å². The van der Waals surface area contributed by atoms with Gasteiger partial charge in [0.05, 0.1) is 0 Å². The summed E-state index contributed by atoms with van der Waals surface area (Å²) in [5.74, 6) is 0. The fourth-order valence-corrected chi connectivity index (χ4v) is 2.80. The Morgan fingerprint density at radius 3 is 2.83 bits per heavy atom. The standard InChI is InChI=1S/C10H17BrN2O3SSi/c1-18(2,3)5-4-15-7-12-9(14)16-10-13-8(11)6-17-10/h6H,4-5,7H2,1-3H3,(H,12,14). The van der Waals surface area contributed by atoms with Crippen molar-refractivity contribution in [1.29, 1.82) is 0 Å². The van der Waals surface area contributed by atoms with Gasteiger partial charge in [0.1, 0.15) is 11.3 Å². The second-order valence-electron chi connectivity index (χ2n) is 4.87. The zero-order valence-corrected chi connectivity index (χ0v) is 14.1. The van der Waals surface area contributed by atoms with Gasteiger partial charge in [-0.3, -0.25) is 5.32 Å². The molecule has 8 heteroatoms. The number of aromatic nitrogens is 1. The molecule has 0 fully saturated rings. The molecule has 1 N–H and O–H groups in total. The van der Waals surface area contributed by atoms with Crippen LogP contribution in [-0.2, 0) is 4.74 Å². The Hall–Kier alpha value is -0.443. The topological polar surface area (TPSA) is 60.5 Å². The van der Waals surface area contributed by atoms with Crippen molar-refractivity contribution < 1.29 is 14.3 Å². The number of carbonyl (C=O) groups is 1. The van der Waals surface area contributed by atoms with Crippen molar-refractivity contribution in [3.63, 3.8) is 0 Å². The van der Waals surface area contributed by atoms with Crippen molar-refractivity contribution in [2.45, 2.75) is 25.7 Å². The monoisotopic (exact) mass is 352 g/mol. The van der Waals surface area contributed by atoms with Crippen molar-refractivity contribution in [2.75, 3.05) is 13.3 Å². The normalized spacial score (nSPS) is 11.3. The molecule has 102 valence electrons. The van der Waals surface area contributed by atoms with Gasteiger partial charge in [-0.05, 0) is 22.0 Å². The highest BCUT2D eigenvalue weighted by Crippen LogP contribution is 2.21. The summed E-state index contributed by atoms with van der Waals surface area (Å²) < 4.78 is 10.9. The minimum absolute atomic E-state index is 0.163. The Kier molecular flexibility index (Phi) is 6.26. The van der Waals surface area contributed by atoms with Crippen molar-refractivity contribution in [3.05, 3.63) is 9.98 Å². The van der Waals surface area contributed by atoms with Gasteiger partial charge in [-0.1, -0.05) is 31.0 Å². The van der Waals surface area contributed by atoms with Gasteiger partial charge < -0.3 is 9.47 Å². The average Bonchev–Trinajstić information content (AvgIpc) is 2.61. The van der Waals surface area contributed by atoms with E-state index in [1.165, 1.54) is 11.3 Å². The van der Waals surface area contributed by atoms with Gasteiger partial charge in [0.2, 0.25) is 0 Å². The van der Waals surface area contributed by atoms with Crippen LogP contribution in [0.4, 0.5) is 4.79 Å². The molecule has 0 spiro atoms. The van der Waals surface area contributed by atoms with Gasteiger partial charge in [0, 0.05) is 20.1 Å². The number of halogens is 1. The molecule has 0 aliphatic carbocycles. The van der Waals surface area contributed by atoms with Crippen LogP contribution < -0.4 is 10.1 Å². The molecule has 0 saturated heterocycles. The highest BCUT2D eigenvalue weighted by Gasteiger charge is 2.12. The number of nitrogens with zero attached hydrogens (tertiary/aromatic N) is 1. The number of rotatable bonds is 6. The Labute approximate surface area is 120 Å². The zero-order valence-electron chi connectivity index (χ0n) is 10.7. The molecule has 1 rings (SSSR count). The highest BCUT2D eigenvalue weighted by molar-refractivity contribution is 9.10. The first kappa shape index (κ1) is 15.6. The molecule has 0 unspecified atom stereocenters. The lowest BCUT2D eigenvalue weighted by Gasteiger charge is -2.15. The molecule has 0 aliphatic heterocycles. The summed E-state index contributed by atoms with van der Waals surface area (Å²) in [7, 11) is -1.08. The van der Waals surface area contributed by atoms with Crippen molar-refractivity contribution in [2.24, 2.45) is 0 Å². The summed E-state index contributed by atoms with van der Waals surface area (Å²) in [5.41, 5.74) is 0. The molecule has 0 saturated carbocycles. The molecular formula is C10H17BrN2O3SSi. The fraction of sp³-hybridized carbons (Fsp3) is 0.600. The van der Waals surface area contributed by atoms with Gasteiger partial charge in [0.15, 0.2) is 0 Å². The minimum atomic E-state index is -1.08. The first-order valence-corrected chi connectivity index (χ1v) is 10.9. The van der Waals surface area contributed by atoms with E-state index in [1.807, 2.05) is 0 Å². The number of nitrogens with one attached hydrogen (secondary N) is 1. The molecule has 1 aromatic heterocycles. The second-order valence-corrected chi connectivity index (χ2v) is 12.1. The minimum Gasteiger partial charge on any atom is -0.381 e. The molecule has 1 heterocycles. The Balaban J connectivity index is 2.11. The molecule has 0 aromatic carbocycles. The van der Waals surface area contributed by atoms with Gasteiger partial charge in [-0.15, -0.1) is 0 Å². The molecule has 18 heavy (non-hydrogen) atoms. The van der Waals surface area contributed by atoms with E-state index in [0.29, 0.717) is 16.4 Å². The number of thiazole rings is 1. The SMILES string of the molecule is C[Si](C)(C)CCOCNC(=O)Oc1nc(Br)cs1. The van der Waals surface area contributed by atoms with Gasteiger partial charge in [-0.2, -0.15) is 4.98 Å². The lowest BCUT2D eigenvalue weighted by Crippen LogP contribution is -2.30. The van der Waals surface area contributed by atoms with E-state index in [2.05, 4.69) is 45.9 Å². The molecule has 1 amide bonds. The predicted molar refractivity (Wildman–Crippen MR) is 77.9 cm³/mol. The maximum absolute atomic E-state index is 11.3. The first-order valence-electron chi connectivity index (χ1n) is 5.51. The van der Waals surface area contributed by atoms with E-state index in [1.54, 1.807) is 5.38 Å². The molecule has 0 aliphatic rings. The third-order valence-electron chi connectivity index (χ3n) is 1.95. The highest BCUT2D eigenvalue weighted by atomic mass is 79.9. The Morgan fingerprint density at radius 2 is 2.28 bits per heavy atom. The lowest BCUT2D eigenvalue weighted by molar-refractivity contribution is 0.121. The molecule has 1 aromatic rings. The number of hydrogen-bond acceptors (Lipinski definition) is 5. The van der Waals surface area contributed by atoms with E-state index in [-0.39, 0.29) is 6.73 Å². The van der Waals surface area contributed by atoms with Crippen LogP contribution in [0.5, 0.6) is 5.19 Å². The van der Waals surface area contributed by atoms with Crippen LogP contribution in [0.3, 0.4) is 0 Å². The van der Waals surface area contributed by atoms with Crippen LogP contribution in [-0.4, -0.2) is 32.5 Å². The summed E-state index contributed by atoms with van der Waals surface area (Å²) in [6.45, 7) is 7.66. The number of ether oxygens (including phenoxy) is 2. The molecule has 0 bridgehead atoms. The molecular weight excluding hydrogens is 336 g/mol. The summed E-state index contributed by atoms with van der Waals surface area (Å²) in [6.07, 6.45) is -0.551. The van der Waals surface area contributed by atoms with Crippen molar-refractivity contribution in [1.82, 2.24) is 10.3 Å². The van der Waals surface area contributed by atoms with Crippen LogP contribution >= 0.6 is 27.3 Å². The quantitative estimate of drug-likeness (QED) is 0.484. The van der Waals surface area contributed by atoms with E-state index >= 15 is 0 Å². The number of carbonyl (C=O) groups excluding carboxylic acids is 1. The van der Waals surface area contributed by atoms with Crippen molar-refractivity contribution >= 4 is 41.4 Å². The third kappa shape index (κ3) is 7.09. The lowest BCUT2D eigenvalue weighted by atomic mass is 10.8. The second kappa shape index (κ2) is 7.22. The first-order chi connectivity index (χ1) is 8.37. The van der Waals surface area contributed by atoms with Crippen LogP contribution in [0.2, 0.25) is 25.7 Å². The third-order valence-corrected chi connectivity index (χ3v) is 5.08. The maximum atomic E-state index is 11.3. The van der Waals surface area contributed by atoms with Gasteiger partial charge in [-0.25, -0.2) is 4.79 Å². The number of amides is 1. The van der Waals surface area contributed by atoms with Crippen molar-refractivity contribution in [3.8, 4) is 5.19 Å². The zero-order chi connectivity index (χ0) is 13.6. The fourth-order valence-electron chi connectivity index (χ4n) is 0.962. The summed E-state index contributed by atoms with van der Waals surface area (Å²) in [6, 6.07) is 1.07. The summed E-state index contributed by atoms with van der Waals surface area (Å²) in [4.78, 5) is 15.3.